The van der Waals surface area contributed by atoms with Gasteiger partial charge in [-0.2, -0.15) is 9.90 Å². The maximum absolute atomic E-state index is 5.19. The molecule has 0 N–H and O–H groups in total. The summed E-state index contributed by atoms with van der Waals surface area (Å²) in [5, 5.41) is 17.8. The molecule has 2 aromatic heterocycles. The molecule has 136 valence electrons. The van der Waals surface area contributed by atoms with E-state index in [-0.39, 0.29) is 0 Å². The lowest BCUT2D eigenvalue weighted by atomic mass is 10.2. The van der Waals surface area contributed by atoms with Crippen LogP contribution in [0.2, 0.25) is 0 Å². The number of nitrogens with zero attached hydrogens (tertiary/aromatic N) is 6. The van der Waals surface area contributed by atoms with Crippen molar-refractivity contribution in [2.45, 2.75) is 11.6 Å². The highest BCUT2D eigenvalue weighted by Crippen LogP contribution is 2.26. The van der Waals surface area contributed by atoms with Crippen LogP contribution in [0.15, 0.2) is 64.2 Å². The van der Waals surface area contributed by atoms with E-state index in [0.717, 1.165) is 27.0 Å². The Morgan fingerprint density at radius 1 is 1.07 bits per heavy atom. The number of hydrogen-bond acceptors (Lipinski definition) is 6. The molecule has 0 saturated heterocycles. The molecule has 0 spiro atoms. The molecule has 9 heteroatoms. The van der Waals surface area contributed by atoms with E-state index in [1.54, 1.807) is 22.8 Å². The molecule has 4 rings (SSSR count). The van der Waals surface area contributed by atoms with Gasteiger partial charge in [0.05, 0.1) is 31.1 Å². The Labute approximate surface area is 169 Å². The zero-order chi connectivity index (χ0) is 18.8. The molecule has 0 fully saturated rings. The van der Waals surface area contributed by atoms with Crippen molar-refractivity contribution in [3.8, 4) is 22.8 Å². The SMILES string of the molecule is COc1ccc(-n2ncc(-c3nnn(Cc4ccc(Br)cc4)n3)c2S)cc1. The first-order valence-corrected chi connectivity index (χ1v) is 9.32. The van der Waals surface area contributed by atoms with Gasteiger partial charge in [-0.3, -0.25) is 0 Å². The van der Waals surface area contributed by atoms with Crippen molar-refractivity contribution in [1.82, 2.24) is 30.0 Å². The van der Waals surface area contributed by atoms with Crippen LogP contribution in [-0.2, 0) is 6.54 Å². The van der Waals surface area contributed by atoms with E-state index in [0.29, 0.717) is 17.4 Å². The summed E-state index contributed by atoms with van der Waals surface area (Å²) in [5.41, 5.74) is 2.67. The van der Waals surface area contributed by atoms with Gasteiger partial charge in [0, 0.05) is 4.47 Å². The van der Waals surface area contributed by atoms with Crippen LogP contribution in [-0.4, -0.2) is 37.1 Å². The largest absolute Gasteiger partial charge is 0.497 e. The predicted molar refractivity (Wildman–Crippen MR) is 107 cm³/mol. The standard InChI is InChI=1S/C18H15BrN6OS/c1-26-15-8-6-14(7-9-15)25-18(27)16(10-20-25)17-21-23-24(22-17)11-12-2-4-13(19)5-3-12/h2-10,27H,11H2,1H3. The molecule has 7 nitrogen and oxygen atoms in total. The smallest absolute Gasteiger partial charge is 0.209 e. The van der Waals surface area contributed by atoms with Crippen molar-refractivity contribution in [3.05, 3.63) is 64.8 Å². The number of benzene rings is 2. The fraction of sp³-hybridized carbons (Fsp3) is 0.111. The molecule has 0 atom stereocenters. The Morgan fingerprint density at radius 2 is 1.81 bits per heavy atom. The minimum Gasteiger partial charge on any atom is -0.497 e. The lowest BCUT2D eigenvalue weighted by Gasteiger charge is -2.05. The third kappa shape index (κ3) is 3.74. The highest BCUT2D eigenvalue weighted by atomic mass is 79.9. The van der Waals surface area contributed by atoms with Gasteiger partial charge in [-0.05, 0) is 47.2 Å². The molecule has 4 aromatic rings. The molecule has 0 aliphatic carbocycles. The molecule has 0 radical (unpaired) electrons. The molecular weight excluding hydrogens is 428 g/mol. The number of rotatable bonds is 5. The lowest BCUT2D eigenvalue weighted by Crippen LogP contribution is -2.03. The van der Waals surface area contributed by atoms with Gasteiger partial charge in [-0.1, -0.05) is 28.1 Å². The number of hydrogen-bond donors (Lipinski definition) is 1. The van der Waals surface area contributed by atoms with Crippen LogP contribution in [0.5, 0.6) is 5.75 Å². The van der Waals surface area contributed by atoms with Crippen LogP contribution in [0.1, 0.15) is 5.56 Å². The molecule has 0 bridgehead atoms. The first-order valence-electron chi connectivity index (χ1n) is 8.08. The van der Waals surface area contributed by atoms with Crippen LogP contribution >= 0.6 is 28.6 Å². The van der Waals surface area contributed by atoms with Gasteiger partial charge in [-0.25, -0.2) is 4.68 Å². The number of halogens is 1. The maximum Gasteiger partial charge on any atom is 0.209 e. The second-order valence-corrected chi connectivity index (χ2v) is 7.10. The molecule has 0 aliphatic rings. The second kappa shape index (κ2) is 7.53. The van der Waals surface area contributed by atoms with E-state index in [9.17, 15) is 0 Å². The van der Waals surface area contributed by atoms with Crippen LogP contribution in [0.3, 0.4) is 0 Å². The van der Waals surface area contributed by atoms with Crippen molar-refractivity contribution in [1.29, 1.82) is 0 Å². The first-order chi connectivity index (χ1) is 13.1. The van der Waals surface area contributed by atoms with Crippen molar-refractivity contribution in [3.63, 3.8) is 0 Å². The molecule has 0 saturated carbocycles. The molecule has 2 aromatic carbocycles. The summed E-state index contributed by atoms with van der Waals surface area (Å²) in [5.74, 6) is 1.27. The van der Waals surface area contributed by atoms with Crippen molar-refractivity contribution in [2.24, 2.45) is 0 Å². The third-order valence-corrected chi connectivity index (χ3v) is 4.95. The van der Waals surface area contributed by atoms with Gasteiger partial charge < -0.3 is 4.74 Å². The molecule has 0 aliphatic heterocycles. The molecule has 0 unspecified atom stereocenters. The Balaban J connectivity index is 1.58. The Hall–Kier alpha value is -2.65. The van der Waals surface area contributed by atoms with Gasteiger partial charge in [-0.15, -0.1) is 22.8 Å². The van der Waals surface area contributed by atoms with Gasteiger partial charge >= 0.3 is 0 Å². The van der Waals surface area contributed by atoms with E-state index >= 15 is 0 Å². The van der Waals surface area contributed by atoms with Crippen LogP contribution in [0.25, 0.3) is 17.1 Å². The van der Waals surface area contributed by atoms with E-state index in [1.165, 1.54) is 0 Å². The number of methoxy groups -OCH3 is 1. The maximum atomic E-state index is 5.19. The number of aromatic nitrogens is 6. The number of tetrazole rings is 1. The molecule has 2 heterocycles. The monoisotopic (exact) mass is 442 g/mol. The second-order valence-electron chi connectivity index (χ2n) is 5.76. The van der Waals surface area contributed by atoms with Gasteiger partial charge in [0.15, 0.2) is 0 Å². The average molecular weight is 443 g/mol. The van der Waals surface area contributed by atoms with E-state index in [4.69, 9.17) is 4.74 Å². The number of ether oxygens (including phenoxy) is 1. The van der Waals surface area contributed by atoms with Gasteiger partial charge in [0.1, 0.15) is 10.8 Å². The minimum absolute atomic E-state index is 0.483. The van der Waals surface area contributed by atoms with Crippen LogP contribution in [0, 0.1) is 0 Å². The van der Waals surface area contributed by atoms with Gasteiger partial charge in [0.25, 0.3) is 0 Å². The van der Waals surface area contributed by atoms with Gasteiger partial charge in [0.2, 0.25) is 5.82 Å². The Morgan fingerprint density at radius 3 is 2.52 bits per heavy atom. The quantitative estimate of drug-likeness (QED) is 0.477. The third-order valence-electron chi connectivity index (χ3n) is 3.99. The first kappa shape index (κ1) is 17.7. The summed E-state index contributed by atoms with van der Waals surface area (Å²) < 4.78 is 7.93. The van der Waals surface area contributed by atoms with Crippen molar-refractivity contribution in [2.75, 3.05) is 7.11 Å². The lowest BCUT2D eigenvalue weighted by molar-refractivity contribution is 0.414. The zero-order valence-corrected chi connectivity index (χ0v) is 16.8. The summed E-state index contributed by atoms with van der Waals surface area (Å²) in [7, 11) is 1.63. The summed E-state index contributed by atoms with van der Waals surface area (Å²) in [6, 6.07) is 15.6. The summed E-state index contributed by atoms with van der Waals surface area (Å²) in [6.45, 7) is 0.537. The highest BCUT2D eigenvalue weighted by molar-refractivity contribution is 9.10. The summed E-state index contributed by atoms with van der Waals surface area (Å²) in [4.78, 5) is 1.55. The fourth-order valence-electron chi connectivity index (χ4n) is 2.58. The van der Waals surface area contributed by atoms with Crippen LogP contribution < -0.4 is 4.74 Å². The van der Waals surface area contributed by atoms with Crippen LogP contribution in [0.4, 0.5) is 0 Å². The Kier molecular flexibility index (Phi) is 4.95. The van der Waals surface area contributed by atoms with E-state index in [2.05, 4.69) is 49.1 Å². The molecular formula is C18H15BrN6OS. The average Bonchev–Trinajstić information content (AvgIpc) is 3.30. The topological polar surface area (TPSA) is 70.7 Å². The molecule has 27 heavy (non-hydrogen) atoms. The predicted octanol–water partition coefficient (Wildman–Crippen LogP) is 3.63. The molecule has 0 amide bonds. The zero-order valence-electron chi connectivity index (χ0n) is 14.3. The van der Waals surface area contributed by atoms with E-state index < -0.39 is 0 Å². The summed E-state index contributed by atoms with van der Waals surface area (Å²) in [6.07, 6.45) is 1.69. The van der Waals surface area contributed by atoms with E-state index in [1.807, 2.05) is 48.5 Å². The Bertz CT molecular complexity index is 1060. The fourth-order valence-corrected chi connectivity index (χ4v) is 3.17. The van der Waals surface area contributed by atoms with Crippen molar-refractivity contribution < 1.29 is 4.74 Å². The minimum atomic E-state index is 0.483. The normalized spacial score (nSPS) is 10.9. The number of thiol groups is 1. The summed E-state index contributed by atoms with van der Waals surface area (Å²) >= 11 is 8.03. The van der Waals surface area contributed by atoms with Crippen molar-refractivity contribution >= 4 is 28.6 Å². The highest BCUT2D eigenvalue weighted by Gasteiger charge is 2.15.